The average molecular weight is 177 g/mol. The van der Waals surface area contributed by atoms with Gasteiger partial charge in [0, 0.05) is 5.75 Å². The van der Waals surface area contributed by atoms with Gasteiger partial charge in [-0.25, -0.2) is 9.59 Å². The van der Waals surface area contributed by atoms with Gasteiger partial charge in [-0.2, -0.15) is 12.6 Å². The molecule has 0 unspecified atom stereocenters. The van der Waals surface area contributed by atoms with Gasteiger partial charge in [0.2, 0.25) is 0 Å². The Morgan fingerprint density at radius 2 is 2.09 bits per heavy atom. The van der Waals surface area contributed by atoms with Crippen LogP contribution >= 0.6 is 12.6 Å². The van der Waals surface area contributed by atoms with Gasteiger partial charge in [0.05, 0.1) is 0 Å². The van der Waals surface area contributed by atoms with Crippen molar-refractivity contribution in [2.24, 2.45) is 4.99 Å². The maximum Gasteiger partial charge on any atom is 0.346 e. The van der Waals surface area contributed by atoms with E-state index in [1.165, 1.54) is 0 Å². The molecule has 0 heterocycles. The molecule has 6 heteroatoms. The molecule has 0 saturated heterocycles. The summed E-state index contributed by atoms with van der Waals surface area (Å²) in [4.78, 5) is 23.3. The minimum atomic E-state index is -1.27. The van der Waals surface area contributed by atoms with Crippen LogP contribution in [0.15, 0.2) is 4.99 Å². The number of hydrogen-bond acceptors (Lipinski definition) is 4. The number of aliphatic imine (C=N–C) groups is 1. The second-order valence-corrected chi connectivity index (χ2v) is 2.02. The Balaban J connectivity index is 4.08. The molecular weight excluding hydrogens is 170 g/mol. The number of rotatable bonds is 4. The van der Waals surface area contributed by atoms with E-state index in [9.17, 15) is 9.59 Å². The van der Waals surface area contributed by atoms with E-state index >= 15 is 0 Å². The predicted octanol–water partition coefficient (Wildman–Crippen LogP) is -0.475. The summed E-state index contributed by atoms with van der Waals surface area (Å²) >= 11 is 3.67. The highest BCUT2D eigenvalue weighted by Gasteiger charge is 2.12. The Kier molecular flexibility index (Phi) is 4.28. The molecule has 0 aromatic rings. The van der Waals surface area contributed by atoms with E-state index in [2.05, 4.69) is 17.6 Å². The first-order valence-electron chi connectivity index (χ1n) is 2.67. The van der Waals surface area contributed by atoms with Crippen LogP contribution in [-0.2, 0) is 9.59 Å². The van der Waals surface area contributed by atoms with Crippen molar-refractivity contribution < 1.29 is 19.8 Å². The molecule has 0 aromatic carbocycles. The summed E-state index contributed by atoms with van der Waals surface area (Å²) in [5.41, 5.74) is 0. The van der Waals surface area contributed by atoms with Crippen LogP contribution < -0.4 is 0 Å². The lowest BCUT2D eigenvalue weighted by molar-refractivity contribution is -0.137. The molecule has 11 heavy (non-hydrogen) atoms. The highest BCUT2D eigenvalue weighted by atomic mass is 32.1. The Morgan fingerprint density at radius 3 is 2.36 bits per heavy atom. The predicted molar refractivity (Wildman–Crippen MR) is 41.4 cm³/mol. The fraction of sp³-hybridized carbons (Fsp3) is 0.400. The van der Waals surface area contributed by atoms with Crippen molar-refractivity contribution in [2.75, 3.05) is 5.75 Å². The first-order chi connectivity index (χ1) is 5.07. The fourth-order valence-electron chi connectivity index (χ4n) is 0.343. The number of carboxylic acids is 2. The molecule has 0 radical (unpaired) electrons. The van der Waals surface area contributed by atoms with Gasteiger partial charge in [-0.3, -0.25) is 4.99 Å². The third-order valence-electron chi connectivity index (χ3n) is 0.823. The molecule has 0 amide bonds. The van der Waals surface area contributed by atoms with Crippen molar-refractivity contribution in [1.29, 1.82) is 0 Å². The van der Waals surface area contributed by atoms with Gasteiger partial charge < -0.3 is 10.2 Å². The van der Waals surface area contributed by atoms with Crippen LogP contribution in [0.2, 0.25) is 0 Å². The highest BCUT2D eigenvalue weighted by Crippen LogP contribution is 1.92. The molecule has 0 aliphatic heterocycles. The van der Waals surface area contributed by atoms with Crippen LogP contribution in [0.5, 0.6) is 0 Å². The van der Waals surface area contributed by atoms with Gasteiger partial charge in [0.1, 0.15) is 6.21 Å². The molecule has 0 aliphatic carbocycles. The Hall–Kier alpha value is -1.04. The zero-order valence-electron chi connectivity index (χ0n) is 5.47. The SMILES string of the molecule is O=C(O)C=N[C@@H](CS)C(=O)O. The van der Waals surface area contributed by atoms with Crippen molar-refractivity contribution in [3.63, 3.8) is 0 Å². The Labute approximate surface area is 68.2 Å². The Morgan fingerprint density at radius 1 is 1.55 bits per heavy atom. The van der Waals surface area contributed by atoms with Gasteiger partial charge in [-0.05, 0) is 0 Å². The normalized spacial score (nSPS) is 13.2. The lowest BCUT2D eigenvalue weighted by Crippen LogP contribution is -2.20. The van der Waals surface area contributed by atoms with E-state index in [0.717, 1.165) is 0 Å². The number of nitrogens with zero attached hydrogens (tertiary/aromatic N) is 1. The van der Waals surface area contributed by atoms with Crippen LogP contribution in [0, 0.1) is 0 Å². The molecule has 5 nitrogen and oxygen atoms in total. The molecule has 62 valence electrons. The topological polar surface area (TPSA) is 87.0 Å². The smallest absolute Gasteiger partial charge is 0.346 e. The van der Waals surface area contributed by atoms with Crippen LogP contribution in [0.4, 0.5) is 0 Å². The van der Waals surface area contributed by atoms with E-state index in [0.29, 0.717) is 6.21 Å². The molecule has 0 rings (SSSR count). The zero-order valence-corrected chi connectivity index (χ0v) is 6.36. The lowest BCUT2D eigenvalue weighted by atomic mass is 10.4. The minimum absolute atomic E-state index is 0.0148. The van der Waals surface area contributed by atoms with Crippen LogP contribution in [-0.4, -0.2) is 40.2 Å². The summed E-state index contributed by atoms with van der Waals surface area (Å²) in [7, 11) is 0. The zero-order chi connectivity index (χ0) is 8.85. The molecule has 0 aliphatic rings. The van der Waals surface area contributed by atoms with Crippen molar-refractivity contribution in [3.05, 3.63) is 0 Å². The van der Waals surface area contributed by atoms with Gasteiger partial charge in [-0.1, -0.05) is 0 Å². The first-order valence-corrected chi connectivity index (χ1v) is 3.31. The number of aliphatic carboxylic acids is 2. The Bertz CT molecular complexity index is 191. The van der Waals surface area contributed by atoms with Gasteiger partial charge in [-0.15, -0.1) is 0 Å². The molecule has 0 aromatic heterocycles. The monoisotopic (exact) mass is 177 g/mol. The lowest BCUT2D eigenvalue weighted by Gasteiger charge is -1.99. The summed E-state index contributed by atoms with van der Waals surface area (Å²) in [6, 6.07) is -1.07. The van der Waals surface area contributed by atoms with Gasteiger partial charge in [0.15, 0.2) is 6.04 Å². The summed E-state index contributed by atoms with van der Waals surface area (Å²) in [5.74, 6) is -2.46. The quantitative estimate of drug-likeness (QED) is 0.400. The van der Waals surface area contributed by atoms with Crippen molar-refractivity contribution in [1.82, 2.24) is 0 Å². The fourth-order valence-corrected chi connectivity index (χ4v) is 0.593. The van der Waals surface area contributed by atoms with Gasteiger partial charge in [0.25, 0.3) is 0 Å². The summed E-state index contributed by atoms with van der Waals surface area (Å²) in [6.07, 6.45) is 0.551. The maximum atomic E-state index is 10.2. The van der Waals surface area contributed by atoms with E-state index in [1.807, 2.05) is 0 Å². The van der Waals surface area contributed by atoms with Crippen LogP contribution in [0.3, 0.4) is 0 Å². The van der Waals surface area contributed by atoms with E-state index in [-0.39, 0.29) is 5.75 Å². The van der Waals surface area contributed by atoms with E-state index in [4.69, 9.17) is 10.2 Å². The third kappa shape index (κ3) is 4.38. The second-order valence-electron chi connectivity index (χ2n) is 1.65. The van der Waals surface area contributed by atoms with Crippen LogP contribution in [0.25, 0.3) is 0 Å². The molecule has 0 bridgehead atoms. The second kappa shape index (κ2) is 4.73. The summed E-state index contributed by atoms with van der Waals surface area (Å²) in [5, 5.41) is 16.4. The first kappa shape index (κ1) is 9.96. The third-order valence-corrected chi connectivity index (χ3v) is 1.17. The van der Waals surface area contributed by atoms with Crippen molar-refractivity contribution in [3.8, 4) is 0 Å². The number of carboxylic acid groups (broad SMARTS) is 2. The number of hydrogen-bond donors (Lipinski definition) is 3. The molecule has 0 saturated carbocycles. The van der Waals surface area contributed by atoms with E-state index in [1.54, 1.807) is 0 Å². The molecular formula is C5H7NO4S. The standard InChI is InChI=1S/C5H7NO4S/c7-4(8)1-6-3(2-11)5(9)10/h1,3,11H,2H2,(H,7,8)(H,9,10)/t3-/m0/s1. The van der Waals surface area contributed by atoms with Crippen molar-refractivity contribution in [2.45, 2.75) is 6.04 Å². The summed E-state index contributed by atoms with van der Waals surface area (Å²) < 4.78 is 0. The molecule has 1 atom stereocenters. The highest BCUT2D eigenvalue weighted by molar-refractivity contribution is 7.80. The van der Waals surface area contributed by atoms with Crippen LogP contribution in [0.1, 0.15) is 0 Å². The van der Waals surface area contributed by atoms with Gasteiger partial charge >= 0.3 is 11.9 Å². The molecule has 2 N–H and O–H groups in total. The minimum Gasteiger partial charge on any atom is -0.480 e. The molecule has 0 fully saturated rings. The maximum absolute atomic E-state index is 10.2. The number of thiol groups is 1. The van der Waals surface area contributed by atoms with E-state index < -0.39 is 18.0 Å². The molecule has 0 spiro atoms. The van der Waals surface area contributed by atoms with Crippen molar-refractivity contribution >= 4 is 30.8 Å². The largest absolute Gasteiger partial charge is 0.480 e. The number of carbonyl (C=O) groups is 2. The summed E-state index contributed by atoms with van der Waals surface area (Å²) in [6.45, 7) is 0. The average Bonchev–Trinajstić information content (AvgIpc) is 1.87.